The van der Waals surface area contributed by atoms with E-state index in [1.54, 1.807) is 18.2 Å². The van der Waals surface area contributed by atoms with Crippen LogP contribution in [0, 0.1) is 0 Å². The molecule has 114 valence electrons. The van der Waals surface area contributed by atoms with Gasteiger partial charge in [-0.1, -0.05) is 49.0 Å². The third-order valence-corrected chi connectivity index (χ3v) is 4.11. The maximum atomic E-state index is 11.0. The van der Waals surface area contributed by atoms with E-state index in [0.717, 1.165) is 6.42 Å². The van der Waals surface area contributed by atoms with Gasteiger partial charge in [-0.25, -0.2) is 0 Å². The summed E-state index contributed by atoms with van der Waals surface area (Å²) >= 11 is 12.0. The molecule has 1 rings (SSSR count). The first-order chi connectivity index (χ1) is 9.26. The van der Waals surface area contributed by atoms with Crippen molar-refractivity contribution in [3.63, 3.8) is 0 Å². The van der Waals surface area contributed by atoms with Gasteiger partial charge in [-0.2, -0.15) is 13.1 Å². The Morgan fingerprint density at radius 3 is 2.30 bits per heavy atom. The van der Waals surface area contributed by atoms with E-state index in [4.69, 9.17) is 27.8 Å². The number of halogens is 2. The van der Waals surface area contributed by atoms with Gasteiger partial charge in [0.1, 0.15) is 0 Å². The highest BCUT2D eigenvalue weighted by Gasteiger charge is 2.27. The monoisotopic (exact) mass is 341 g/mol. The van der Waals surface area contributed by atoms with Crippen LogP contribution in [0.15, 0.2) is 18.2 Å². The van der Waals surface area contributed by atoms with Gasteiger partial charge in [0, 0.05) is 15.6 Å². The second-order valence-electron chi connectivity index (χ2n) is 4.42. The standard InChI is InChI=1S/C12H17Cl2NO4S/c1-2-3-7-10(15-20(17,18)19)12(16)11-8(13)5-4-6-9(11)14/h4-6,10,12,15-16H,2-3,7H2,1H3,(H,17,18,19)/t10-,12+/m0/s1. The molecule has 20 heavy (non-hydrogen) atoms. The van der Waals surface area contributed by atoms with Crippen molar-refractivity contribution in [3.05, 3.63) is 33.8 Å². The maximum Gasteiger partial charge on any atom is 0.333 e. The molecule has 0 amide bonds. The number of aliphatic hydroxyl groups is 1. The summed E-state index contributed by atoms with van der Waals surface area (Å²) in [6.07, 6.45) is 0.586. The summed E-state index contributed by atoms with van der Waals surface area (Å²) in [7, 11) is -4.43. The predicted molar refractivity (Wildman–Crippen MR) is 79.4 cm³/mol. The minimum absolute atomic E-state index is 0.239. The first-order valence-corrected chi connectivity index (χ1v) is 8.32. The molecular weight excluding hydrogens is 325 g/mol. The van der Waals surface area contributed by atoms with E-state index in [0.29, 0.717) is 12.8 Å². The predicted octanol–water partition coefficient (Wildman–Crippen LogP) is 2.98. The van der Waals surface area contributed by atoms with Crippen LogP contribution >= 0.6 is 23.2 Å². The molecule has 5 nitrogen and oxygen atoms in total. The van der Waals surface area contributed by atoms with E-state index < -0.39 is 22.4 Å². The fourth-order valence-corrected chi connectivity index (χ4v) is 3.14. The van der Waals surface area contributed by atoms with Crippen LogP contribution in [-0.2, 0) is 10.3 Å². The van der Waals surface area contributed by atoms with Crippen molar-refractivity contribution in [2.75, 3.05) is 0 Å². The summed E-state index contributed by atoms with van der Waals surface area (Å²) in [5.41, 5.74) is 0.244. The molecule has 8 heteroatoms. The van der Waals surface area contributed by atoms with Crippen molar-refractivity contribution < 1.29 is 18.1 Å². The van der Waals surface area contributed by atoms with Crippen LogP contribution in [0.25, 0.3) is 0 Å². The Morgan fingerprint density at radius 2 is 1.85 bits per heavy atom. The minimum atomic E-state index is -4.43. The Kier molecular flexibility index (Phi) is 6.71. The lowest BCUT2D eigenvalue weighted by Gasteiger charge is -2.24. The van der Waals surface area contributed by atoms with Crippen molar-refractivity contribution in [3.8, 4) is 0 Å². The second-order valence-corrected chi connectivity index (χ2v) is 6.42. The van der Waals surface area contributed by atoms with Crippen LogP contribution in [0.4, 0.5) is 0 Å². The second kappa shape index (κ2) is 7.59. The van der Waals surface area contributed by atoms with Crippen molar-refractivity contribution in [1.29, 1.82) is 0 Å². The zero-order valence-electron chi connectivity index (χ0n) is 10.9. The van der Waals surface area contributed by atoms with Crippen molar-refractivity contribution in [2.24, 2.45) is 0 Å². The van der Waals surface area contributed by atoms with E-state index in [-0.39, 0.29) is 15.6 Å². The molecule has 0 fully saturated rings. The molecule has 0 saturated heterocycles. The Balaban J connectivity index is 3.06. The lowest BCUT2D eigenvalue weighted by atomic mass is 9.98. The number of benzene rings is 1. The summed E-state index contributed by atoms with van der Waals surface area (Å²) in [6.45, 7) is 1.93. The molecule has 0 unspecified atom stereocenters. The SMILES string of the molecule is CCCC[C@H](NS(=O)(=O)O)[C@@H](O)c1c(Cl)cccc1Cl. The molecule has 0 aliphatic rings. The van der Waals surface area contributed by atoms with Gasteiger partial charge in [-0.3, -0.25) is 4.55 Å². The molecule has 0 saturated carbocycles. The third kappa shape index (κ3) is 5.20. The number of unbranched alkanes of at least 4 members (excludes halogenated alkanes) is 1. The molecule has 0 heterocycles. The van der Waals surface area contributed by atoms with Gasteiger partial charge >= 0.3 is 10.3 Å². The molecular formula is C12H17Cl2NO4S. The molecule has 0 radical (unpaired) electrons. The van der Waals surface area contributed by atoms with Crippen LogP contribution in [-0.4, -0.2) is 24.1 Å². The van der Waals surface area contributed by atoms with Gasteiger partial charge in [0.05, 0.1) is 12.1 Å². The van der Waals surface area contributed by atoms with E-state index >= 15 is 0 Å². The summed E-state index contributed by atoms with van der Waals surface area (Å²) in [4.78, 5) is 0. The van der Waals surface area contributed by atoms with Crippen molar-refractivity contribution in [1.82, 2.24) is 4.72 Å². The molecule has 3 N–H and O–H groups in total. The van der Waals surface area contributed by atoms with Crippen LogP contribution in [0.2, 0.25) is 10.0 Å². The Bertz CT molecular complexity index is 530. The van der Waals surface area contributed by atoms with Crippen molar-refractivity contribution in [2.45, 2.75) is 38.3 Å². The first kappa shape index (κ1) is 17.7. The zero-order valence-corrected chi connectivity index (χ0v) is 13.2. The maximum absolute atomic E-state index is 11.0. The van der Waals surface area contributed by atoms with Crippen LogP contribution in [0.5, 0.6) is 0 Å². The molecule has 0 spiro atoms. The summed E-state index contributed by atoms with van der Waals surface area (Å²) in [5, 5.41) is 10.8. The number of hydrogen-bond acceptors (Lipinski definition) is 3. The molecule has 0 aromatic heterocycles. The first-order valence-electron chi connectivity index (χ1n) is 6.13. The quantitative estimate of drug-likeness (QED) is 0.665. The summed E-state index contributed by atoms with van der Waals surface area (Å²) < 4.78 is 32.9. The largest absolute Gasteiger partial charge is 0.387 e. The van der Waals surface area contributed by atoms with Crippen molar-refractivity contribution >= 4 is 33.5 Å². The smallest absolute Gasteiger partial charge is 0.333 e. The number of nitrogens with one attached hydrogen (secondary N) is 1. The average molecular weight is 342 g/mol. The highest BCUT2D eigenvalue weighted by atomic mass is 35.5. The van der Waals surface area contributed by atoms with Crippen LogP contribution < -0.4 is 4.72 Å². The van der Waals surface area contributed by atoms with Gasteiger partial charge < -0.3 is 5.11 Å². The highest BCUT2D eigenvalue weighted by molar-refractivity contribution is 7.83. The Morgan fingerprint density at radius 1 is 1.30 bits per heavy atom. The third-order valence-electron chi connectivity index (χ3n) is 2.85. The topological polar surface area (TPSA) is 86.6 Å². The van der Waals surface area contributed by atoms with Gasteiger partial charge in [-0.15, -0.1) is 0 Å². The average Bonchev–Trinajstić information content (AvgIpc) is 2.32. The highest BCUT2D eigenvalue weighted by Crippen LogP contribution is 2.33. The van der Waals surface area contributed by atoms with Gasteiger partial charge in [-0.05, 0) is 18.6 Å². The molecule has 0 aliphatic heterocycles. The summed E-state index contributed by atoms with van der Waals surface area (Å²) in [5.74, 6) is 0. The Hall–Kier alpha value is -0.370. The Labute approximate surface area is 128 Å². The lowest BCUT2D eigenvalue weighted by molar-refractivity contribution is 0.132. The lowest BCUT2D eigenvalue weighted by Crippen LogP contribution is -2.39. The molecule has 1 aromatic carbocycles. The molecule has 2 atom stereocenters. The summed E-state index contributed by atoms with van der Waals surface area (Å²) in [6, 6.07) is 3.83. The van der Waals surface area contributed by atoms with Gasteiger partial charge in [0.2, 0.25) is 0 Å². The number of aliphatic hydroxyl groups excluding tert-OH is 1. The minimum Gasteiger partial charge on any atom is -0.387 e. The van der Waals surface area contributed by atoms with Crippen LogP contribution in [0.3, 0.4) is 0 Å². The molecule has 1 aromatic rings. The van der Waals surface area contributed by atoms with Gasteiger partial charge in [0.15, 0.2) is 0 Å². The van der Waals surface area contributed by atoms with Crippen LogP contribution in [0.1, 0.15) is 37.9 Å². The fourth-order valence-electron chi connectivity index (χ4n) is 1.89. The van der Waals surface area contributed by atoms with E-state index in [1.807, 2.05) is 11.6 Å². The van der Waals surface area contributed by atoms with E-state index in [9.17, 15) is 13.5 Å². The zero-order chi connectivity index (χ0) is 15.3. The fraction of sp³-hybridized carbons (Fsp3) is 0.500. The number of hydrogen-bond donors (Lipinski definition) is 3. The van der Waals surface area contributed by atoms with E-state index in [2.05, 4.69) is 0 Å². The molecule has 0 bridgehead atoms. The number of rotatable bonds is 7. The van der Waals surface area contributed by atoms with E-state index in [1.165, 1.54) is 0 Å². The normalized spacial score (nSPS) is 15.1. The molecule has 0 aliphatic carbocycles. The van der Waals surface area contributed by atoms with Gasteiger partial charge in [0.25, 0.3) is 0 Å².